The van der Waals surface area contributed by atoms with Gasteiger partial charge in [0.25, 0.3) is 0 Å². The molecule has 0 radical (unpaired) electrons. The maximum atomic E-state index is 10.5. The minimum Gasteiger partial charge on any atom is -0.481 e. The third-order valence-electron chi connectivity index (χ3n) is 2.57. The maximum absolute atomic E-state index is 10.5. The monoisotopic (exact) mass is 231 g/mol. The van der Waals surface area contributed by atoms with Gasteiger partial charge >= 0.3 is 5.97 Å². The van der Waals surface area contributed by atoms with Crippen LogP contribution < -0.4 is 0 Å². The normalized spacial score (nSPS) is 10.4. The molecule has 0 aliphatic heterocycles. The molecule has 1 heterocycles. The van der Waals surface area contributed by atoms with Crippen molar-refractivity contribution in [2.24, 2.45) is 0 Å². The average Bonchev–Trinajstić information content (AvgIpc) is 2.73. The first-order valence-corrected chi connectivity index (χ1v) is 5.38. The zero-order valence-corrected chi connectivity index (χ0v) is 9.51. The molecule has 4 nitrogen and oxygen atoms in total. The fraction of sp³-hybridized carbons (Fsp3) is 0.231. The molecule has 0 saturated heterocycles. The third kappa shape index (κ3) is 2.72. The van der Waals surface area contributed by atoms with Gasteiger partial charge in [0.2, 0.25) is 0 Å². The summed E-state index contributed by atoms with van der Waals surface area (Å²) in [4.78, 5) is 14.7. The molecule has 0 spiro atoms. The zero-order valence-electron chi connectivity index (χ0n) is 9.51. The van der Waals surface area contributed by atoms with E-state index in [1.54, 1.807) is 0 Å². The van der Waals surface area contributed by atoms with Gasteiger partial charge in [-0.2, -0.15) is 0 Å². The van der Waals surface area contributed by atoms with Crippen molar-refractivity contribution in [3.05, 3.63) is 42.0 Å². The molecule has 0 unspecified atom stereocenters. The van der Waals surface area contributed by atoms with Crippen LogP contribution >= 0.6 is 0 Å². The lowest BCUT2D eigenvalue weighted by atomic mass is 10.0. The summed E-state index contributed by atoms with van der Waals surface area (Å²) in [7, 11) is 0. The summed E-state index contributed by atoms with van der Waals surface area (Å²) in [5, 5.41) is 8.64. The van der Waals surface area contributed by atoms with E-state index in [4.69, 9.17) is 9.52 Å². The predicted molar refractivity (Wildman–Crippen MR) is 62.6 cm³/mol. The van der Waals surface area contributed by atoms with Gasteiger partial charge in [-0.1, -0.05) is 18.2 Å². The lowest BCUT2D eigenvalue weighted by molar-refractivity contribution is -0.136. The lowest BCUT2D eigenvalue weighted by Crippen LogP contribution is -1.97. The Labute approximate surface area is 98.9 Å². The van der Waals surface area contributed by atoms with Crippen molar-refractivity contribution >= 4 is 5.97 Å². The summed E-state index contributed by atoms with van der Waals surface area (Å²) in [5.41, 5.74) is 2.76. The molecule has 2 aromatic rings. The molecule has 0 amide bonds. The van der Waals surface area contributed by atoms with Gasteiger partial charge in [0.15, 0.2) is 6.39 Å². The van der Waals surface area contributed by atoms with Gasteiger partial charge in [0.05, 0.1) is 0 Å². The standard InChI is InChI=1S/C13H13NO3/c1-9-13(14-8-17-9)11-4-2-3-10(7-11)5-6-12(15)16/h2-4,7-8H,5-6H2,1H3,(H,15,16). The van der Waals surface area contributed by atoms with Crippen molar-refractivity contribution < 1.29 is 14.3 Å². The summed E-state index contributed by atoms with van der Waals surface area (Å²) >= 11 is 0. The molecule has 0 atom stereocenters. The van der Waals surface area contributed by atoms with Crippen LogP contribution in [0.3, 0.4) is 0 Å². The van der Waals surface area contributed by atoms with Gasteiger partial charge in [-0.05, 0) is 25.0 Å². The Bertz CT molecular complexity index is 531. The fourth-order valence-electron chi connectivity index (χ4n) is 1.71. The molecule has 17 heavy (non-hydrogen) atoms. The van der Waals surface area contributed by atoms with E-state index in [0.717, 1.165) is 22.6 Å². The number of aliphatic carboxylic acids is 1. The number of carboxylic acid groups (broad SMARTS) is 1. The quantitative estimate of drug-likeness (QED) is 0.878. The van der Waals surface area contributed by atoms with E-state index < -0.39 is 5.97 Å². The van der Waals surface area contributed by atoms with Crippen LogP contribution in [0.1, 0.15) is 17.7 Å². The molecule has 4 heteroatoms. The Hall–Kier alpha value is -2.10. The summed E-state index contributed by atoms with van der Waals surface area (Å²) in [6, 6.07) is 7.71. The molecule has 0 aliphatic carbocycles. The molecule has 2 rings (SSSR count). The van der Waals surface area contributed by atoms with Crippen LogP contribution in [0.25, 0.3) is 11.3 Å². The number of nitrogens with zero attached hydrogens (tertiary/aromatic N) is 1. The second-order valence-corrected chi connectivity index (χ2v) is 3.85. The van der Waals surface area contributed by atoms with Crippen molar-refractivity contribution in [3.63, 3.8) is 0 Å². The van der Waals surface area contributed by atoms with Crippen LogP contribution in [-0.2, 0) is 11.2 Å². The minimum atomic E-state index is -0.784. The summed E-state index contributed by atoms with van der Waals surface area (Å²) in [6.45, 7) is 1.85. The SMILES string of the molecule is Cc1ocnc1-c1cccc(CCC(=O)O)c1. The van der Waals surface area contributed by atoms with E-state index >= 15 is 0 Å². The van der Waals surface area contributed by atoms with E-state index in [9.17, 15) is 4.79 Å². The molecular weight excluding hydrogens is 218 g/mol. The van der Waals surface area contributed by atoms with Crippen molar-refractivity contribution in [2.45, 2.75) is 19.8 Å². The minimum absolute atomic E-state index is 0.140. The number of hydrogen-bond donors (Lipinski definition) is 1. The second kappa shape index (κ2) is 4.82. The molecule has 0 bridgehead atoms. The molecular formula is C13H13NO3. The zero-order chi connectivity index (χ0) is 12.3. The number of hydrogen-bond acceptors (Lipinski definition) is 3. The number of aromatic nitrogens is 1. The largest absolute Gasteiger partial charge is 0.481 e. The highest BCUT2D eigenvalue weighted by molar-refractivity contribution is 5.67. The molecule has 0 saturated carbocycles. The number of benzene rings is 1. The third-order valence-corrected chi connectivity index (χ3v) is 2.57. The van der Waals surface area contributed by atoms with E-state index in [1.165, 1.54) is 6.39 Å². The first-order chi connectivity index (χ1) is 8.16. The van der Waals surface area contributed by atoms with Gasteiger partial charge in [-0.3, -0.25) is 4.79 Å². The summed E-state index contributed by atoms with van der Waals surface area (Å²) in [6.07, 6.45) is 2.08. The van der Waals surface area contributed by atoms with Gasteiger partial charge in [0.1, 0.15) is 11.5 Å². The smallest absolute Gasteiger partial charge is 0.303 e. The molecule has 1 aromatic heterocycles. The molecule has 1 N–H and O–H groups in total. The van der Waals surface area contributed by atoms with Crippen LogP contribution in [0.4, 0.5) is 0 Å². The highest BCUT2D eigenvalue weighted by atomic mass is 16.4. The first kappa shape index (κ1) is 11.4. The van der Waals surface area contributed by atoms with Crippen LogP contribution in [0.15, 0.2) is 35.1 Å². The Balaban J connectivity index is 2.23. The van der Waals surface area contributed by atoms with E-state index in [-0.39, 0.29) is 6.42 Å². The number of aryl methyl sites for hydroxylation is 2. The number of carboxylic acids is 1. The van der Waals surface area contributed by atoms with E-state index in [0.29, 0.717) is 6.42 Å². The van der Waals surface area contributed by atoms with Crippen molar-refractivity contribution in [2.75, 3.05) is 0 Å². The Kier molecular flexibility index (Phi) is 3.23. The highest BCUT2D eigenvalue weighted by Gasteiger charge is 2.07. The average molecular weight is 231 g/mol. The Morgan fingerprint density at radius 3 is 2.94 bits per heavy atom. The maximum Gasteiger partial charge on any atom is 0.303 e. The van der Waals surface area contributed by atoms with Crippen LogP contribution in [0.2, 0.25) is 0 Å². The van der Waals surface area contributed by atoms with Crippen LogP contribution in [-0.4, -0.2) is 16.1 Å². The van der Waals surface area contributed by atoms with Crippen molar-refractivity contribution in [3.8, 4) is 11.3 Å². The van der Waals surface area contributed by atoms with Gasteiger partial charge in [-0.15, -0.1) is 0 Å². The first-order valence-electron chi connectivity index (χ1n) is 5.38. The van der Waals surface area contributed by atoms with Crippen LogP contribution in [0, 0.1) is 6.92 Å². The topological polar surface area (TPSA) is 63.3 Å². The van der Waals surface area contributed by atoms with E-state index in [1.807, 2.05) is 31.2 Å². The lowest BCUT2D eigenvalue weighted by Gasteiger charge is -2.02. The number of oxazole rings is 1. The molecule has 0 aliphatic rings. The number of rotatable bonds is 4. The Morgan fingerprint density at radius 1 is 1.47 bits per heavy atom. The molecule has 88 valence electrons. The van der Waals surface area contributed by atoms with Gasteiger partial charge in [-0.25, -0.2) is 4.98 Å². The van der Waals surface area contributed by atoms with Crippen molar-refractivity contribution in [1.82, 2.24) is 4.98 Å². The van der Waals surface area contributed by atoms with Crippen molar-refractivity contribution in [1.29, 1.82) is 0 Å². The second-order valence-electron chi connectivity index (χ2n) is 3.85. The van der Waals surface area contributed by atoms with Crippen LogP contribution in [0.5, 0.6) is 0 Å². The Morgan fingerprint density at radius 2 is 2.29 bits per heavy atom. The molecule has 0 fully saturated rings. The highest BCUT2D eigenvalue weighted by Crippen LogP contribution is 2.22. The number of carbonyl (C=O) groups is 1. The summed E-state index contributed by atoms with van der Waals surface area (Å²) < 4.78 is 5.15. The fourth-order valence-corrected chi connectivity index (χ4v) is 1.71. The molecule has 1 aromatic carbocycles. The van der Waals surface area contributed by atoms with Gasteiger partial charge in [0, 0.05) is 12.0 Å². The van der Waals surface area contributed by atoms with E-state index in [2.05, 4.69) is 4.98 Å². The van der Waals surface area contributed by atoms with Gasteiger partial charge < -0.3 is 9.52 Å². The predicted octanol–water partition coefficient (Wildman–Crippen LogP) is 2.67. The summed E-state index contributed by atoms with van der Waals surface area (Å²) in [5.74, 6) is -0.0200.